The highest BCUT2D eigenvalue weighted by molar-refractivity contribution is 8.01. The van der Waals surface area contributed by atoms with E-state index in [0.29, 0.717) is 6.04 Å². The molecule has 0 amide bonds. The largest absolute Gasteiger partial charge is 0.394 e. The predicted octanol–water partition coefficient (Wildman–Crippen LogP) is 1.13. The molecule has 2 rings (SSSR count). The Bertz CT molecular complexity index is 302. The number of hydrogen-bond donors (Lipinski definition) is 2. The van der Waals surface area contributed by atoms with Gasteiger partial charge in [0, 0.05) is 17.3 Å². The molecule has 6 heteroatoms. The van der Waals surface area contributed by atoms with Crippen LogP contribution in [0.3, 0.4) is 0 Å². The monoisotopic (exact) mass is 245 g/mol. The summed E-state index contributed by atoms with van der Waals surface area (Å²) >= 11 is 3.05. The third-order valence-corrected chi connectivity index (χ3v) is 4.51. The molecule has 1 saturated carbocycles. The van der Waals surface area contributed by atoms with Crippen molar-refractivity contribution in [3.05, 3.63) is 6.33 Å². The molecule has 4 nitrogen and oxygen atoms in total. The fraction of sp³-hybridized carbons (Fsp3) is 0.778. The minimum Gasteiger partial charge on any atom is -0.394 e. The highest BCUT2D eigenvalue weighted by Gasteiger charge is 2.32. The van der Waals surface area contributed by atoms with Gasteiger partial charge in [0.05, 0.1) is 6.61 Å². The van der Waals surface area contributed by atoms with Gasteiger partial charge in [-0.1, -0.05) is 11.8 Å². The Morgan fingerprint density at radius 3 is 3.07 bits per heavy atom. The second kappa shape index (κ2) is 4.78. The van der Waals surface area contributed by atoms with Gasteiger partial charge < -0.3 is 10.4 Å². The van der Waals surface area contributed by atoms with Crippen molar-refractivity contribution < 1.29 is 5.11 Å². The van der Waals surface area contributed by atoms with Crippen molar-refractivity contribution in [3.8, 4) is 0 Å². The molecule has 0 spiro atoms. The third-order valence-electron chi connectivity index (χ3n) is 2.33. The zero-order chi connectivity index (χ0) is 10.7. The van der Waals surface area contributed by atoms with Crippen molar-refractivity contribution in [1.82, 2.24) is 14.7 Å². The molecule has 1 atom stereocenters. The molecular formula is C9H15N3OS2. The SMILES string of the molecule is CC(CO)(CSc1ncns1)NC1CC1. The summed E-state index contributed by atoms with van der Waals surface area (Å²) in [6, 6.07) is 0.608. The Kier molecular flexibility index (Phi) is 3.60. The van der Waals surface area contributed by atoms with Crippen molar-refractivity contribution in [3.63, 3.8) is 0 Å². The van der Waals surface area contributed by atoms with Gasteiger partial charge in [0.1, 0.15) is 6.33 Å². The van der Waals surface area contributed by atoms with Gasteiger partial charge in [0.25, 0.3) is 0 Å². The smallest absolute Gasteiger partial charge is 0.169 e. The Hall–Kier alpha value is -0.170. The number of aliphatic hydroxyl groups is 1. The Balaban J connectivity index is 1.83. The van der Waals surface area contributed by atoms with E-state index in [1.807, 2.05) is 0 Å². The summed E-state index contributed by atoms with van der Waals surface area (Å²) in [5, 5.41) is 12.8. The summed E-state index contributed by atoms with van der Waals surface area (Å²) in [7, 11) is 0. The Morgan fingerprint density at radius 1 is 1.73 bits per heavy atom. The van der Waals surface area contributed by atoms with E-state index in [4.69, 9.17) is 0 Å². The summed E-state index contributed by atoms with van der Waals surface area (Å²) in [6.45, 7) is 2.22. The van der Waals surface area contributed by atoms with E-state index < -0.39 is 0 Å². The highest BCUT2D eigenvalue weighted by Crippen LogP contribution is 2.27. The average Bonchev–Trinajstić information content (AvgIpc) is 2.88. The molecule has 1 aromatic rings. The maximum absolute atomic E-state index is 9.38. The molecule has 0 saturated heterocycles. The van der Waals surface area contributed by atoms with Gasteiger partial charge in [-0.25, -0.2) is 4.98 Å². The van der Waals surface area contributed by atoms with Gasteiger partial charge in [0.15, 0.2) is 4.34 Å². The molecule has 15 heavy (non-hydrogen) atoms. The Morgan fingerprint density at radius 2 is 2.53 bits per heavy atom. The van der Waals surface area contributed by atoms with Gasteiger partial charge in [-0.3, -0.25) is 0 Å². The van der Waals surface area contributed by atoms with Gasteiger partial charge in [-0.05, 0) is 31.3 Å². The number of rotatable bonds is 6. The topological polar surface area (TPSA) is 58.0 Å². The fourth-order valence-electron chi connectivity index (χ4n) is 1.30. The Labute approximate surface area is 97.7 Å². The summed E-state index contributed by atoms with van der Waals surface area (Å²) in [4.78, 5) is 4.11. The van der Waals surface area contributed by atoms with Crippen LogP contribution in [-0.2, 0) is 0 Å². The first-order valence-electron chi connectivity index (χ1n) is 5.00. The molecule has 0 aromatic carbocycles. The quantitative estimate of drug-likeness (QED) is 0.736. The molecule has 1 aliphatic rings. The van der Waals surface area contributed by atoms with Crippen molar-refractivity contribution in [2.75, 3.05) is 12.4 Å². The molecule has 1 fully saturated rings. The summed E-state index contributed by atoms with van der Waals surface area (Å²) < 4.78 is 4.91. The van der Waals surface area contributed by atoms with E-state index in [1.54, 1.807) is 18.1 Å². The van der Waals surface area contributed by atoms with E-state index in [2.05, 4.69) is 21.6 Å². The lowest BCUT2D eigenvalue weighted by Gasteiger charge is -2.28. The number of thioether (sulfide) groups is 1. The molecule has 0 bridgehead atoms. The molecule has 1 aromatic heterocycles. The van der Waals surface area contributed by atoms with Crippen LogP contribution in [0, 0.1) is 0 Å². The van der Waals surface area contributed by atoms with Crippen LogP contribution in [0.2, 0.25) is 0 Å². The molecular weight excluding hydrogens is 230 g/mol. The molecule has 1 aliphatic carbocycles. The zero-order valence-electron chi connectivity index (χ0n) is 8.64. The van der Waals surface area contributed by atoms with Crippen molar-refractivity contribution >= 4 is 23.3 Å². The zero-order valence-corrected chi connectivity index (χ0v) is 10.3. The van der Waals surface area contributed by atoms with Crippen LogP contribution in [0.15, 0.2) is 10.7 Å². The van der Waals surface area contributed by atoms with Gasteiger partial charge in [-0.15, -0.1) is 0 Å². The van der Waals surface area contributed by atoms with E-state index >= 15 is 0 Å². The minimum atomic E-state index is -0.197. The normalized spacial score (nSPS) is 20.1. The molecule has 2 N–H and O–H groups in total. The number of aromatic nitrogens is 2. The molecule has 84 valence electrons. The van der Waals surface area contributed by atoms with Gasteiger partial charge in [-0.2, -0.15) is 4.37 Å². The number of nitrogens with one attached hydrogen (secondary N) is 1. The number of hydrogen-bond acceptors (Lipinski definition) is 6. The van der Waals surface area contributed by atoms with Crippen LogP contribution in [0.4, 0.5) is 0 Å². The van der Waals surface area contributed by atoms with Crippen LogP contribution in [-0.4, -0.2) is 38.4 Å². The predicted molar refractivity (Wildman–Crippen MR) is 62.3 cm³/mol. The summed E-state index contributed by atoms with van der Waals surface area (Å²) in [6.07, 6.45) is 4.04. The number of nitrogens with zero attached hydrogens (tertiary/aromatic N) is 2. The van der Waals surface area contributed by atoms with E-state index in [9.17, 15) is 5.11 Å². The summed E-state index contributed by atoms with van der Waals surface area (Å²) in [5.41, 5.74) is -0.197. The maximum Gasteiger partial charge on any atom is 0.169 e. The highest BCUT2D eigenvalue weighted by atomic mass is 32.2. The second-order valence-electron chi connectivity index (χ2n) is 4.13. The van der Waals surface area contributed by atoms with Gasteiger partial charge in [0.2, 0.25) is 0 Å². The molecule has 0 aliphatic heterocycles. The fourth-order valence-corrected chi connectivity index (χ4v) is 2.83. The maximum atomic E-state index is 9.38. The molecule has 0 radical (unpaired) electrons. The first kappa shape index (κ1) is 11.3. The van der Waals surface area contributed by atoms with Crippen LogP contribution in [0.25, 0.3) is 0 Å². The standard InChI is InChI=1S/C9H15N3OS2/c1-9(4-13,12-7-2-3-7)5-14-8-10-6-11-15-8/h6-7,12-13H,2-5H2,1H3. The summed E-state index contributed by atoms with van der Waals surface area (Å²) in [5.74, 6) is 0.829. The van der Waals surface area contributed by atoms with Crippen molar-refractivity contribution in [1.29, 1.82) is 0 Å². The van der Waals surface area contributed by atoms with E-state index in [1.165, 1.54) is 24.4 Å². The lowest BCUT2D eigenvalue weighted by molar-refractivity contribution is 0.190. The first-order valence-corrected chi connectivity index (χ1v) is 6.76. The minimum absolute atomic E-state index is 0.162. The second-order valence-corrected chi connectivity index (χ2v) is 6.14. The third kappa shape index (κ3) is 3.41. The average molecular weight is 245 g/mol. The van der Waals surface area contributed by atoms with Gasteiger partial charge >= 0.3 is 0 Å². The lowest BCUT2D eigenvalue weighted by Crippen LogP contribution is -2.49. The molecule has 1 heterocycles. The van der Waals surface area contributed by atoms with E-state index in [0.717, 1.165) is 10.1 Å². The number of aliphatic hydroxyl groups excluding tert-OH is 1. The lowest BCUT2D eigenvalue weighted by atomic mass is 10.1. The molecule has 1 unspecified atom stereocenters. The van der Waals surface area contributed by atoms with Crippen molar-refractivity contribution in [2.45, 2.75) is 35.7 Å². The van der Waals surface area contributed by atoms with Crippen LogP contribution in [0.5, 0.6) is 0 Å². The van der Waals surface area contributed by atoms with Crippen LogP contribution >= 0.6 is 23.3 Å². The van der Waals surface area contributed by atoms with Crippen LogP contribution < -0.4 is 5.32 Å². The van der Waals surface area contributed by atoms with Crippen LogP contribution in [0.1, 0.15) is 19.8 Å². The van der Waals surface area contributed by atoms with Crippen molar-refractivity contribution in [2.24, 2.45) is 0 Å². The first-order chi connectivity index (χ1) is 7.22. The van der Waals surface area contributed by atoms with E-state index in [-0.39, 0.29) is 12.1 Å².